The van der Waals surface area contributed by atoms with Gasteiger partial charge < -0.3 is 10.1 Å². The van der Waals surface area contributed by atoms with Crippen LogP contribution in [-0.2, 0) is 10.0 Å². The maximum atomic E-state index is 13.1. The zero-order valence-corrected chi connectivity index (χ0v) is 18.6. The molecule has 0 aromatic heterocycles. The Bertz CT molecular complexity index is 1150. The molecule has 0 fully saturated rings. The Labute approximate surface area is 183 Å². The van der Waals surface area contributed by atoms with Gasteiger partial charge in [0.05, 0.1) is 16.6 Å². The Balaban J connectivity index is 1.71. The van der Waals surface area contributed by atoms with Crippen molar-refractivity contribution in [2.45, 2.75) is 24.8 Å². The summed E-state index contributed by atoms with van der Waals surface area (Å²) >= 11 is 0. The van der Waals surface area contributed by atoms with Crippen molar-refractivity contribution in [3.05, 3.63) is 90.0 Å². The molecule has 0 unspecified atom stereocenters. The number of ether oxygens (including phenoxy) is 1. The third kappa shape index (κ3) is 5.44. The maximum absolute atomic E-state index is 13.1. The summed E-state index contributed by atoms with van der Waals surface area (Å²) in [4.78, 5) is 12.7. The number of nitrogens with zero attached hydrogens (tertiary/aromatic N) is 1. The Morgan fingerprint density at radius 1 is 1.00 bits per heavy atom. The van der Waals surface area contributed by atoms with E-state index in [2.05, 4.69) is 5.32 Å². The van der Waals surface area contributed by atoms with Gasteiger partial charge in [0, 0.05) is 12.6 Å². The molecule has 0 aliphatic rings. The lowest BCUT2D eigenvalue weighted by Crippen LogP contribution is -2.37. The molecular formula is C24H26N2O4S. The van der Waals surface area contributed by atoms with Gasteiger partial charge in [0.25, 0.3) is 15.9 Å². The van der Waals surface area contributed by atoms with Gasteiger partial charge in [-0.2, -0.15) is 0 Å². The molecule has 6 nitrogen and oxygen atoms in total. The van der Waals surface area contributed by atoms with E-state index >= 15 is 0 Å². The first-order valence-electron chi connectivity index (χ1n) is 9.92. The summed E-state index contributed by atoms with van der Waals surface area (Å²) in [6, 6.07) is 22.3. The SMILES string of the molecule is Cc1ccccc1N(C)S(=O)(=O)c1cccc(C(=O)N[C@@H](C)COc2ccccc2)c1. The highest BCUT2D eigenvalue weighted by molar-refractivity contribution is 7.92. The quantitative estimate of drug-likeness (QED) is 0.576. The van der Waals surface area contributed by atoms with Gasteiger partial charge in [0.1, 0.15) is 12.4 Å². The van der Waals surface area contributed by atoms with Gasteiger partial charge >= 0.3 is 0 Å². The van der Waals surface area contributed by atoms with Gasteiger partial charge in [-0.15, -0.1) is 0 Å². The van der Waals surface area contributed by atoms with E-state index in [-0.39, 0.29) is 22.4 Å². The van der Waals surface area contributed by atoms with E-state index in [1.54, 1.807) is 24.3 Å². The van der Waals surface area contributed by atoms with Crippen molar-refractivity contribution < 1.29 is 17.9 Å². The molecule has 1 amide bonds. The minimum absolute atomic E-state index is 0.0547. The van der Waals surface area contributed by atoms with E-state index in [0.717, 1.165) is 11.3 Å². The topological polar surface area (TPSA) is 75.7 Å². The molecule has 7 heteroatoms. The van der Waals surface area contributed by atoms with Gasteiger partial charge in [-0.05, 0) is 55.8 Å². The van der Waals surface area contributed by atoms with Crippen molar-refractivity contribution in [3.63, 3.8) is 0 Å². The predicted octanol–water partition coefficient (Wildman–Crippen LogP) is 4.02. The normalized spacial score (nSPS) is 12.1. The second-order valence-electron chi connectivity index (χ2n) is 7.29. The van der Waals surface area contributed by atoms with Crippen LogP contribution < -0.4 is 14.4 Å². The highest BCUT2D eigenvalue weighted by Gasteiger charge is 2.23. The molecule has 0 aliphatic heterocycles. The molecule has 3 aromatic rings. The average Bonchev–Trinajstić information content (AvgIpc) is 2.78. The van der Waals surface area contributed by atoms with Crippen LogP contribution in [0.25, 0.3) is 0 Å². The summed E-state index contributed by atoms with van der Waals surface area (Å²) in [5, 5.41) is 2.84. The van der Waals surface area contributed by atoms with Gasteiger partial charge in [-0.25, -0.2) is 8.42 Å². The van der Waals surface area contributed by atoms with Crippen molar-refractivity contribution in [1.29, 1.82) is 0 Å². The van der Waals surface area contributed by atoms with Crippen molar-refractivity contribution in [3.8, 4) is 5.75 Å². The first kappa shape index (κ1) is 22.4. The number of sulfonamides is 1. The number of hydrogen-bond acceptors (Lipinski definition) is 4. The highest BCUT2D eigenvalue weighted by Crippen LogP contribution is 2.25. The average molecular weight is 439 g/mol. The first-order chi connectivity index (χ1) is 14.8. The molecule has 0 saturated carbocycles. The lowest BCUT2D eigenvalue weighted by atomic mass is 10.2. The number of amides is 1. The van der Waals surface area contributed by atoms with E-state index in [0.29, 0.717) is 12.3 Å². The number of aryl methyl sites for hydroxylation is 1. The number of carbonyl (C=O) groups is 1. The number of nitrogens with one attached hydrogen (secondary N) is 1. The fourth-order valence-corrected chi connectivity index (χ4v) is 4.40. The van der Waals surface area contributed by atoms with Crippen LogP contribution in [0.1, 0.15) is 22.8 Å². The molecule has 31 heavy (non-hydrogen) atoms. The number of carbonyl (C=O) groups excluding carboxylic acids is 1. The fourth-order valence-electron chi connectivity index (χ4n) is 3.09. The summed E-state index contributed by atoms with van der Waals surface area (Å²) in [6.45, 7) is 3.97. The number of para-hydroxylation sites is 2. The summed E-state index contributed by atoms with van der Waals surface area (Å²) in [5.41, 5.74) is 1.70. The Morgan fingerprint density at radius 3 is 2.39 bits per heavy atom. The standard InChI is InChI=1S/C24H26N2O4S/c1-18-10-7-8-15-23(18)26(3)31(28,29)22-14-9-11-20(16-22)24(27)25-19(2)17-30-21-12-5-4-6-13-21/h4-16,19H,17H2,1-3H3,(H,25,27)/t19-/m0/s1. The minimum atomic E-state index is -3.82. The lowest BCUT2D eigenvalue weighted by molar-refractivity contribution is 0.0926. The summed E-state index contributed by atoms with van der Waals surface area (Å²) in [7, 11) is -2.31. The number of rotatable bonds is 8. The molecule has 3 aromatic carbocycles. The van der Waals surface area contributed by atoms with Gasteiger partial charge in [0.15, 0.2) is 0 Å². The Hall–Kier alpha value is -3.32. The lowest BCUT2D eigenvalue weighted by Gasteiger charge is -2.21. The van der Waals surface area contributed by atoms with Gasteiger partial charge in [-0.1, -0.05) is 42.5 Å². The van der Waals surface area contributed by atoms with Crippen LogP contribution in [0.5, 0.6) is 5.75 Å². The molecule has 1 N–H and O–H groups in total. The molecule has 3 rings (SSSR count). The fraction of sp³-hybridized carbons (Fsp3) is 0.208. The number of hydrogen-bond donors (Lipinski definition) is 1. The number of anilines is 1. The Morgan fingerprint density at radius 2 is 1.68 bits per heavy atom. The Kier molecular flexibility index (Phi) is 6.97. The molecule has 1 atom stereocenters. The second-order valence-corrected chi connectivity index (χ2v) is 9.25. The molecular weight excluding hydrogens is 412 g/mol. The van der Waals surface area contributed by atoms with Crippen molar-refractivity contribution in [2.75, 3.05) is 18.0 Å². The van der Waals surface area contributed by atoms with E-state index in [1.807, 2.05) is 56.3 Å². The van der Waals surface area contributed by atoms with Gasteiger partial charge in [0.2, 0.25) is 0 Å². The van der Waals surface area contributed by atoms with E-state index in [4.69, 9.17) is 4.74 Å². The van der Waals surface area contributed by atoms with Crippen LogP contribution in [0.15, 0.2) is 83.8 Å². The minimum Gasteiger partial charge on any atom is -0.491 e. The zero-order chi connectivity index (χ0) is 22.4. The maximum Gasteiger partial charge on any atom is 0.264 e. The smallest absolute Gasteiger partial charge is 0.264 e. The molecule has 0 aliphatic carbocycles. The van der Waals surface area contributed by atoms with Crippen LogP contribution in [0.4, 0.5) is 5.69 Å². The van der Waals surface area contributed by atoms with Gasteiger partial charge in [-0.3, -0.25) is 9.10 Å². The monoisotopic (exact) mass is 438 g/mol. The molecule has 0 heterocycles. The van der Waals surface area contributed by atoms with Crippen LogP contribution in [0.3, 0.4) is 0 Å². The molecule has 0 spiro atoms. The molecule has 0 bridgehead atoms. The predicted molar refractivity (Wildman–Crippen MR) is 122 cm³/mol. The summed E-state index contributed by atoms with van der Waals surface area (Å²) < 4.78 is 33.1. The molecule has 0 saturated heterocycles. The molecule has 162 valence electrons. The van der Waals surface area contributed by atoms with E-state index in [1.165, 1.54) is 23.5 Å². The van der Waals surface area contributed by atoms with Crippen molar-refractivity contribution in [1.82, 2.24) is 5.32 Å². The third-order valence-corrected chi connectivity index (χ3v) is 6.60. The highest BCUT2D eigenvalue weighted by atomic mass is 32.2. The van der Waals surface area contributed by atoms with Crippen LogP contribution in [0.2, 0.25) is 0 Å². The largest absolute Gasteiger partial charge is 0.491 e. The molecule has 0 radical (unpaired) electrons. The van der Waals surface area contributed by atoms with E-state index < -0.39 is 10.0 Å². The summed E-state index contributed by atoms with van der Waals surface area (Å²) in [6.07, 6.45) is 0. The van der Waals surface area contributed by atoms with Crippen LogP contribution in [0, 0.1) is 6.92 Å². The van der Waals surface area contributed by atoms with Crippen LogP contribution in [-0.4, -0.2) is 34.0 Å². The summed E-state index contributed by atoms with van der Waals surface area (Å²) in [5.74, 6) is 0.357. The van der Waals surface area contributed by atoms with Crippen molar-refractivity contribution >= 4 is 21.6 Å². The third-order valence-electron chi connectivity index (χ3n) is 4.83. The first-order valence-corrected chi connectivity index (χ1v) is 11.4. The second kappa shape index (κ2) is 9.66. The van der Waals surface area contributed by atoms with Crippen LogP contribution >= 0.6 is 0 Å². The van der Waals surface area contributed by atoms with E-state index in [9.17, 15) is 13.2 Å². The van der Waals surface area contributed by atoms with Crippen molar-refractivity contribution in [2.24, 2.45) is 0 Å². The zero-order valence-electron chi connectivity index (χ0n) is 17.8. The number of benzene rings is 3.